The molecule has 0 saturated carbocycles. The van der Waals surface area contributed by atoms with Gasteiger partial charge in [-0.3, -0.25) is 9.48 Å². The summed E-state index contributed by atoms with van der Waals surface area (Å²) in [5.74, 6) is -0.690. The van der Waals surface area contributed by atoms with Crippen molar-refractivity contribution in [2.75, 3.05) is 13.2 Å². The lowest BCUT2D eigenvalue weighted by atomic mass is 10.2. The smallest absolute Gasteiger partial charge is 0.245 e. The minimum Gasteiger partial charge on any atom is -0.387 e. The van der Waals surface area contributed by atoms with Crippen LogP contribution in [0.15, 0.2) is 18.2 Å². The molecule has 0 aliphatic heterocycles. The lowest BCUT2D eigenvalue weighted by Gasteiger charge is -2.05. The quantitative estimate of drug-likeness (QED) is 0.610. The van der Waals surface area contributed by atoms with E-state index in [4.69, 9.17) is 5.11 Å². The molecule has 7 heteroatoms. The summed E-state index contributed by atoms with van der Waals surface area (Å²) in [7, 11) is 0. The Kier molecular flexibility index (Phi) is 4.70. The standard InChI is InChI=1S/C12H13FIN3O2/c13-8-2-3-9-10(6-8)17(16-12(9)14)5-1-4-15-11(19)7-18/h2-3,6,18H,1,4-5,7H2,(H,15,19). The maximum Gasteiger partial charge on any atom is 0.245 e. The van der Waals surface area contributed by atoms with Gasteiger partial charge in [-0.05, 0) is 47.2 Å². The first-order valence-corrected chi connectivity index (χ1v) is 6.89. The van der Waals surface area contributed by atoms with Crippen molar-refractivity contribution < 1.29 is 14.3 Å². The zero-order valence-electron chi connectivity index (χ0n) is 10.1. The maximum atomic E-state index is 13.2. The Balaban J connectivity index is 2.04. The molecule has 2 N–H and O–H groups in total. The third-order valence-electron chi connectivity index (χ3n) is 2.68. The molecule has 0 bridgehead atoms. The van der Waals surface area contributed by atoms with E-state index in [1.165, 1.54) is 12.1 Å². The number of aromatic nitrogens is 2. The number of halogens is 2. The monoisotopic (exact) mass is 377 g/mol. The summed E-state index contributed by atoms with van der Waals surface area (Å²) in [5.41, 5.74) is 0.748. The van der Waals surface area contributed by atoms with E-state index < -0.39 is 12.5 Å². The van der Waals surface area contributed by atoms with Crippen molar-refractivity contribution in [3.63, 3.8) is 0 Å². The van der Waals surface area contributed by atoms with Crippen molar-refractivity contribution in [2.45, 2.75) is 13.0 Å². The third kappa shape index (κ3) is 3.41. The van der Waals surface area contributed by atoms with E-state index >= 15 is 0 Å². The van der Waals surface area contributed by atoms with Crippen LogP contribution in [-0.4, -0.2) is 33.9 Å². The van der Waals surface area contributed by atoms with Crippen LogP contribution in [-0.2, 0) is 11.3 Å². The number of nitrogens with zero attached hydrogens (tertiary/aromatic N) is 2. The molecule has 0 aliphatic carbocycles. The van der Waals surface area contributed by atoms with Gasteiger partial charge in [0.15, 0.2) is 0 Å². The number of benzene rings is 1. The van der Waals surface area contributed by atoms with Crippen LogP contribution >= 0.6 is 22.6 Å². The largest absolute Gasteiger partial charge is 0.387 e. The molecule has 0 spiro atoms. The van der Waals surface area contributed by atoms with Crippen LogP contribution in [0.2, 0.25) is 0 Å². The van der Waals surface area contributed by atoms with Crippen molar-refractivity contribution >= 4 is 39.4 Å². The van der Waals surface area contributed by atoms with Gasteiger partial charge in [0.05, 0.1) is 5.52 Å². The summed E-state index contributed by atoms with van der Waals surface area (Å²) < 4.78 is 15.8. The minimum atomic E-state index is -0.506. The van der Waals surface area contributed by atoms with Gasteiger partial charge in [-0.2, -0.15) is 5.10 Å². The van der Waals surface area contributed by atoms with Gasteiger partial charge in [-0.1, -0.05) is 0 Å². The number of aliphatic hydroxyl groups excluding tert-OH is 1. The van der Waals surface area contributed by atoms with Crippen LogP contribution in [0.1, 0.15) is 6.42 Å². The molecule has 0 radical (unpaired) electrons. The van der Waals surface area contributed by atoms with Crippen LogP contribution in [0, 0.1) is 9.52 Å². The van der Waals surface area contributed by atoms with E-state index in [0.29, 0.717) is 19.5 Å². The lowest BCUT2D eigenvalue weighted by molar-refractivity contribution is -0.123. The molecule has 19 heavy (non-hydrogen) atoms. The van der Waals surface area contributed by atoms with E-state index in [0.717, 1.165) is 14.6 Å². The van der Waals surface area contributed by atoms with Crippen LogP contribution in [0.25, 0.3) is 10.9 Å². The van der Waals surface area contributed by atoms with Crippen molar-refractivity contribution in [3.8, 4) is 0 Å². The topological polar surface area (TPSA) is 67.2 Å². The fraction of sp³-hybridized carbons (Fsp3) is 0.333. The Morgan fingerprint density at radius 2 is 2.32 bits per heavy atom. The van der Waals surface area contributed by atoms with Crippen molar-refractivity contribution in [1.82, 2.24) is 15.1 Å². The second-order valence-electron chi connectivity index (χ2n) is 4.04. The fourth-order valence-electron chi connectivity index (χ4n) is 1.79. The van der Waals surface area contributed by atoms with Gasteiger partial charge < -0.3 is 10.4 Å². The normalized spacial score (nSPS) is 10.9. The van der Waals surface area contributed by atoms with Crippen LogP contribution in [0.3, 0.4) is 0 Å². The van der Waals surface area contributed by atoms with Gasteiger partial charge >= 0.3 is 0 Å². The highest BCUT2D eigenvalue weighted by Crippen LogP contribution is 2.21. The Morgan fingerprint density at radius 1 is 1.53 bits per heavy atom. The van der Waals surface area contributed by atoms with E-state index in [-0.39, 0.29) is 5.82 Å². The number of hydrogen-bond acceptors (Lipinski definition) is 3. The summed E-state index contributed by atoms with van der Waals surface area (Å²) in [6.07, 6.45) is 0.662. The average Bonchev–Trinajstić information content (AvgIpc) is 2.70. The predicted octanol–water partition coefficient (Wildman–Crippen LogP) is 1.28. The summed E-state index contributed by atoms with van der Waals surface area (Å²) >= 11 is 2.11. The molecule has 1 aromatic carbocycles. The van der Waals surface area contributed by atoms with E-state index in [9.17, 15) is 9.18 Å². The molecular formula is C12H13FIN3O2. The number of nitrogens with one attached hydrogen (secondary N) is 1. The average molecular weight is 377 g/mol. The van der Waals surface area contributed by atoms with Crippen molar-refractivity contribution in [3.05, 3.63) is 27.7 Å². The highest BCUT2D eigenvalue weighted by atomic mass is 127. The lowest BCUT2D eigenvalue weighted by Crippen LogP contribution is -2.27. The highest BCUT2D eigenvalue weighted by molar-refractivity contribution is 14.1. The minimum absolute atomic E-state index is 0.293. The molecular weight excluding hydrogens is 364 g/mol. The molecule has 0 fully saturated rings. The first kappa shape index (κ1) is 14.2. The van der Waals surface area contributed by atoms with Gasteiger partial charge in [-0.15, -0.1) is 0 Å². The summed E-state index contributed by atoms with van der Waals surface area (Å²) in [5, 5.41) is 16.4. The Labute approximate surface area is 122 Å². The number of fused-ring (bicyclic) bond motifs is 1. The highest BCUT2D eigenvalue weighted by Gasteiger charge is 2.09. The van der Waals surface area contributed by atoms with Crippen LogP contribution in [0.4, 0.5) is 4.39 Å². The van der Waals surface area contributed by atoms with Crippen molar-refractivity contribution in [1.29, 1.82) is 0 Å². The third-order valence-corrected chi connectivity index (χ3v) is 3.48. The molecule has 102 valence electrons. The fourth-order valence-corrected chi connectivity index (χ4v) is 2.51. The molecule has 2 rings (SSSR count). The van der Waals surface area contributed by atoms with Gasteiger partial charge in [0.2, 0.25) is 5.91 Å². The maximum absolute atomic E-state index is 13.2. The summed E-state index contributed by atoms with van der Waals surface area (Å²) in [4.78, 5) is 10.8. The Bertz CT molecular complexity index is 600. The van der Waals surface area contributed by atoms with Crippen LogP contribution in [0.5, 0.6) is 0 Å². The molecule has 0 saturated heterocycles. The van der Waals surface area contributed by atoms with Gasteiger partial charge in [0.25, 0.3) is 0 Å². The van der Waals surface area contributed by atoms with Gasteiger partial charge in [-0.25, -0.2) is 4.39 Å². The Morgan fingerprint density at radius 3 is 3.05 bits per heavy atom. The number of aryl methyl sites for hydroxylation is 1. The first-order valence-electron chi connectivity index (χ1n) is 5.81. The SMILES string of the molecule is O=C(CO)NCCCn1nc(I)c2ccc(F)cc21. The van der Waals surface area contributed by atoms with Gasteiger partial charge in [0.1, 0.15) is 16.1 Å². The Hall–Kier alpha value is -1.22. The second-order valence-corrected chi connectivity index (χ2v) is 5.06. The number of hydrogen-bond donors (Lipinski definition) is 2. The molecule has 5 nitrogen and oxygen atoms in total. The number of amides is 1. The molecule has 0 atom stereocenters. The zero-order valence-corrected chi connectivity index (χ0v) is 12.2. The van der Waals surface area contributed by atoms with Crippen LogP contribution < -0.4 is 5.32 Å². The zero-order chi connectivity index (χ0) is 13.8. The van der Waals surface area contributed by atoms with E-state index in [2.05, 4.69) is 33.0 Å². The number of rotatable bonds is 5. The molecule has 0 unspecified atom stereocenters. The number of carbonyl (C=O) groups is 1. The number of aliphatic hydroxyl groups is 1. The van der Waals surface area contributed by atoms with Crippen molar-refractivity contribution in [2.24, 2.45) is 0 Å². The molecule has 0 aliphatic rings. The predicted molar refractivity (Wildman–Crippen MR) is 77.1 cm³/mol. The molecule has 1 aromatic heterocycles. The molecule has 2 aromatic rings. The van der Waals surface area contributed by atoms with Gasteiger partial charge in [0, 0.05) is 18.5 Å². The number of carbonyl (C=O) groups excluding carboxylic acids is 1. The molecule has 1 amide bonds. The molecule has 1 heterocycles. The first-order chi connectivity index (χ1) is 9.11. The summed E-state index contributed by atoms with van der Waals surface area (Å²) in [6, 6.07) is 4.58. The second kappa shape index (κ2) is 6.29. The van der Waals surface area contributed by atoms with E-state index in [1.54, 1.807) is 10.7 Å². The van der Waals surface area contributed by atoms with E-state index in [1.807, 2.05) is 0 Å². The summed E-state index contributed by atoms with van der Waals surface area (Å²) in [6.45, 7) is 0.523.